The van der Waals surface area contributed by atoms with Gasteiger partial charge in [-0.15, -0.1) is 0 Å². The van der Waals surface area contributed by atoms with Gasteiger partial charge in [-0.2, -0.15) is 0 Å². The van der Waals surface area contributed by atoms with E-state index in [1.807, 2.05) is 32.3 Å². The monoisotopic (exact) mass is 377 g/mol. The number of aromatic nitrogens is 1. The molecule has 3 amide bonds. The summed E-state index contributed by atoms with van der Waals surface area (Å²) >= 11 is 0. The van der Waals surface area contributed by atoms with Crippen LogP contribution in [0.4, 0.5) is 4.79 Å². The van der Waals surface area contributed by atoms with E-state index in [0.29, 0.717) is 5.56 Å². The first kappa shape index (κ1) is 21.0. The number of urea groups is 1. The number of imide groups is 1. The van der Waals surface area contributed by atoms with Crippen LogP contribution in [0.15, 0.2) is 6.07 Å². The van der Waals surface area contributed by atoms with Crippen LogP contribution < -0.4 is 10.6 Å². The van der Waals surface area contributed by atoms with Gasteiger partial charge in [0.05, 0.1) is 5.56 Å². The third-order valence-corrected chi connectivity index (χ3v) is 5.05. The van der Waals surface area contributed by atoms with Crippen LogP contribution in [0.3, 0.4) is 0 Å². The third kappa shape index (κ3) is 5.34. The van der Waals surface area contributed by atoms with E-state index in [1.54, 1.807) is 6.07 Å². The van der Waals surface area contributed by atoms with Gasteiger partial charge in [-0.1, -0.05) is 19.3 Å². The molecule has 0 unspecified atom stereocenters. The van der Waals surface area contributed by atoms with Crippen LogP contribution in [0, 0.1) is 13.8 Å². The lowest BCUT2D eigenvalue weighted by Gasteiger charge is -2.23. The molecule has 1 heterocycles. The summed E-state index contributed by atoms with van der Waals surface area (Å²) in [6, 6.07) is 1.55. The van der Waals surface area contributed by atoms with Gasteiger partial charge in [-0.25, -0.2) is 9.59 Å². The Kier molecular flexibility index (Phi) is 7.05. The van der Waals surface area contributed by atoms with Crippen molar-refractivity contribution in [1.82, 2.24) is 15.2 Å². The number of ether oxygens (including phenoxy) is 1. The lowest BCUT2D eigenvalue weighted by Crippen LogP contribution is -2.48. The minimum Gasteiger partial charge on any atom is -0.449 e. The maximum Gasteiger partial charge on any atom is 0.340 e. The zero-order chi connectivity index (χ0) is 20.1. The molecule has 1 aromatic rings. The summed E-state index contributed by atoms with van der Waals surface area (Å²) in [6.45, 7) is 9.32. The van der Waals surface area contributed by atoms with E-state index in [2.05, 4.69) is 10.6 Å². The SMILES string of the molecule is Cc1cc(C(=O)O[C@H](C)C(=O)NC(=O)NC2CCCCC2)c(C)n1C(C)C. The fourth-order valence-electron chi connectivity index (χ4n) is 3.74. The lowest BCUT2D eigenvalue weighted by molar-refractivity contribution is -0.127. The van der Waals surface area contributed by atoms with Gasteiger partial charge in [-0.3, -0.25) is 10.1 Å². The number of amides is 3. The van der Waals surface area contributed by atoms with E-state index in [0.717, 1.165) is 37.1 Å². The molecular weight excluding hydrogens is 346 g/mol. The number of hydrogen-bond donors (Lipinski definition) is 2. The van der Waals surface area contributed by atoms with Crippen LogP contribution >= 0.6 is 0 Å². The van der Waals surface area contributed by atoms with Crippen molar-refractivity contribution in [3.05, 3.63) is 23.0 Å². The van der Waals surface area contributed by atoms with Gasteiger partial charge >= 0.3 is 12.0 Å². The number of esters is 1. The van der Waals surface area contributed by atoms with Crippen LogP contribution in [0.5, 0.6) is 0 Å². The second kappa shape index (κ2) is 9.06. The first-order valence-corrected chi connectivity index (χ1v) is 9.71. The topological polar surface area (TPSA) is 89.4 Å². The Morgan fingerprint density at radius 1 is 1.11 bits per heavy atom. The van der Waals surface area contributed by atoms with Crippen LogP contribution in [0.2, 0.25) is 0 Å². The summed E-state index contributed by atoms with van der Waals surface area (Å²) in [4.78, 5) is 36.6. The molecule has 0 radical (unpaired) electrons. The van der Waals surface area contributed by atoms with Gasteiger partial charge in [0.2, 0.25) is 0 Å². The predicted molar refractivity (Wildman–Crippen MR) is 103 cm³/mol. The molecule has 0 bridgehead atoms. The molecule has 150 valence electrons. The molecule has 0 aliphatic heterocycles. The smallest absolute Gasteiger partial charge is 0.340 e. The highest BCUT2D eigenvalue weighted by Crippen LogP contribution is 2.21. The zero-order valence-electron chi connectivity index (χ0n) is 16.9. The maximum atomic E-state index is 12.5. The quantitative estimate of drug-likeness (QED) is 0.770. The van der Waals surface area contributed by atoms with E-state index >= 15 is 0 Å². The zero-order valence-corrected chi connectivity index (χ0v) is 16.9. The Labute approximate surface area is 160 Å². The molecule has 7 nitrogen and oxygen atoms in total. The molecule has 1 atom stereocenters. The average Bonchev–Trinajstić information content (AvgIpc) is 2.90. The van der Waals surface area contributed by atoms with Crippen LogP contribution in [-0.4, -0.2) is 34.6 Å². The Bertz CT molecular complexity index is 702. The second-order valence-electron chi connectivity index (χ2n) is 7.59. The Morgan fingerprint density at radius 3 is 2.30 bits per heavy atom. The van der Waals surface area contributed by atoms with E-state index < -0.39 is 24.0 Å². The second-order valence-corrected chi connectivity index (χ2v) is 7.59. The van der Waals surface area contributed by atoms with E-state index in [-0.39, 0.29) is 12.1 Å². The molecule has 1 aliphatic rings. The van der Waals surface area contributed by atoms with Crippen LogP contribution in [-0.2, 0) is 9.53 Å². The molecule has 27 heavy (non-hydrogen) atoms. The number of carbonyl (C=O) groups excluding carboxylic acids is 3. The van der Waals surface area contributed by atoms with Crippen molar-refractivity contribution in [3.8, 4) is 0 Å². The van der Waals surface area contributed by atoms with Crippen molar-refractivity contribution < 1.29 is 19.1 Å². The highest BCUT2D eigenvalue weighted by molar-refractivity contribution is 5.98. The van der Waals surface area contributed by atoms with E-state index in [9.17, 15) is 14.4 Å². The first-order chi connectivity index (χ1) is 12.7. The first-order valence-electron chi connectivity index (χ1n) is 9.71. The molecule has 1 aliphatic carbocycles. The molecule has 2 rings (SSSR count). The molecular formula is C20H31N3O4. The Morgan fingerprint density at radius 2 is 1.74 bits per heavy atom. The molecule has 1 saturated carbocycles. The largest absolute Gasteiger partial charge is 0.449 e. The van der Waals surface area contributed by atoms with Crippen molar-refractivity contribution in [2.75, 3.05) is 0 Å². The molecule has 0 aromatic carbocycles. The number of aryl methyl sites for hydroxylation is 1. The van der Waals surface area contributed by atoms with Gasteiger partial charge in [0.25, 0.3) is 5.91 Å². The summed E-state index contributed by atoms with van der Waals surface area (Å²) in [5.74, 6) is -1.19. The summed E-state index contributed by atoms with van der Waals surface area (Å²) in [7, 11) is 0. The summed E-state index contributed by atoms with van der Waals surface area (Å²) in [5.41, 5.74) is 2.20. The fraction of sp³-hybridized carbons (Fsp3) is 0.650. The number of carbonyl (C=O) groups is 3. The normalized spacial score (nSPS) is 16.1. The Balaban J connectivity index is 1.91. The lowest BCUT2D eigenvalue weighted by atomic mass is 9.96. The van der Waals surface area contributed by atoms with Crippen molar-refractivity contribution in [2.45, 2.75) is 84.9 Å². The molecule has 0 spiro atoms. The number of nitrogens with one attached hydrogen (secondary N) is 2. The minimum atomic E-state index is -1.06. The predicted octanol–water partition coefficient (Wildman–Crippen LogP) is 3.39. The Hall–Kier alpha value is -2.31. The number of nitrogens with zero attached hydrogens (tertiary/aromatic N) is 1. The molecule has 0 saturated heterocycles. The van der Waals surface area contributed by atoms with Crippen molar-refractivity contribution >= 4 is 17.9 Å². The van der Waals surface area contributed by atoms with Crippen LogP contribution in [0.25, 0.3) is 0 Å². The maximum absolute atomic E-state index is 12.5. The minimum absolute atomic E-state index is 0.103. The summed E-state index contributed by atoms with van der Waals surface area (Å²) in [6.07, 6.45) is 4.15. The van der Waals surface area contributed by atoms with Crippen molar-refractivity contribution in [1.29, 1.82) is 0 Å². The van der Waals surface area contributed by atoms with Crippen molar-refractivity contribution in [3.63, 3.8) is 0 Å². The van der Waals surface area contributed by atoms with Gasteiger partial charge < -0.3 is 14.6 Å². The number of rotatable bonds is 5. The highest BCUT2D eigenvalue weighted by atomic mass is 16.5. The number of hydrogen-bond acceptors (Lipinski definition) is 4. The molecule has 7 heteroatoms. The highest BCUT2D eigenvalue weighted by Gasteiger charge is 2.25. The van der Waals surface area contributed by atoms with Gasteiger partial charge in [-0.05, 0) is 53.5 Å². The molecule has 1 fully saturated rings. The van der Waals surface area contributed by atoms with Gasteiger partial charge in [0.1, 0.15) is 0 Å². The van der Waals surface area contributed by atoms with Crippen LogP contribution in [0.1, 0.15) is 80.7 Å². The third-order valence-electron chi connectivity index (χ3n) is 5.05. The van der Waals surface area contributed by atoms with Crippen molar-refractivity contribution in [2.24, 2.45) is 0 Å². The van der Waals surface area contributed by atoms with E-state index in [1.165, 1.54) is 13.3 Å². The summed E-state index contributed by atoms with van der Waals surface area (Å²) in [5, 5.41) is 5.07. The molecule has 1 aromatic heterocycles. The average molecular weight is 377 g/mol. The standard InChI is InChI=1S/C20H31N3O4/c1-12(2)23-13(3)11-17(14(23)4)19(25)27-15(5)18(24)22-20(26)21-16-9-7-6-8-10-16/h11-12,15-16H,6-10H2,1-5H3,(H2,21,22,24,26)/t15-/m1/s1. The summed E-state index contributed by atoms with van der Waals surface area (Å²) < 4.78 is 7.31. The van der Waals surface area contributed by atoms with E-state index in [4.69, 9.17) is 4.74 Å². The van der Waals surface area contributed by atoms with Gasteiger partial charge in [0, 0.05) is 23.5 Å². The fourth-order valence-corrected chi connectivity index (χ4v) is 3.74. The van der Waals surface area contributed by atoms with Gasteiger partial charge in [0.15, 0.2) is 6.10 Å². The molecule has 2 N–H and O–H groups in total.